The van der Waals surface area contributed by atoms with E-state index in [9.17, 15) is 13.0 Å². The molecule has 7 heteroatoms. The minimum Gasteiger partial charge on any atom is -0.343 e. The summed E-state index contributed by atoms with van der Waals surface area (Å²) in [4.78, 5) is 3.54. The number of thioether (sulfide) groups is 1. The van der Waals surface area contributed by atoms with Crippen LogP contribution in [0.25, 0.3) is 5.57 Å². The third kappa shape index (κ3) is 5.26. The van der Waals surface area contributed by atoms with Crippen LogP contribution in [0.1, 0.15) is 17.5 Å². The van der Waals surface area contributed by atoms with E-state index < -0.39 is 17.7 Å². The first-order chi connectivity index (χ1) is 16.5. The lowest BCUT2D eigenvalue weighted by atomic mass is 9.99. The average molecular weight is 508 g/mol. The van der Waals surface area contributed by atoms with Gasteiger partial charge in [-0.2, -0.15) is 8.42 Å². The summed E-state index contributed by atoms with van der Waals surface area (Å²) in [6.07, 6.45) is 7.87. The van der Waals surface area contributed by atoms with Crippen LogP contribution >= 0.6 is 19.3 Å². The van der Waals surface area contributed by atoms with Crippen LogP contribution in [0.3, 0.4) is 0 Å². The molecule has 0 aromatic heterocycles. The number of anilines is 1. The van der Waals surface area contributed by atoms with Crippen LogP contribution in [-0.2, 0) is 16.7 Å². The van der Waals surface area contributed by atoms with E-state index in [1.54, 1.807) is 11.8 Å². The molecule has 0 fully saturated rings. The molecule has 3 aromatic carbocycles. The van der Waals surface area contributed by atoms with Gasteiger partial charge >= 0.3 is 0 Å². The standard InChI is InChI=1S/C27H26NO3PS2/c29-34(30,31)18-8-17-32-25-13-6-7-14-26(25)33-27(32)19-22-15-16-28(20-21-9-2-1-3-10-21)24-12-5-4-11-23(22)24/h1-7,9-16,19,32H,8,17-18,20H2,(H,29,30,31)/b22-19+. The first kappa shape index (κ1) is 23.3. The molecular formula is C27H26NO3PS2. The van der Waals surface area contributed by atoms with Gasteiger partial charge in [-0.3, -0.25) is 4.55 Å². The maximum atomic E-state index is 11.3. The van der Waals surface area contributed by atoms with Crippen LogP contribution in [0.2, 0.25) is 0 Å². The summed E-state index contributed by atoms with van der Waals surface area (Å²) in [6.45, 7) is 0.809. The molecule has 2 aliphatic rings. The van der Waals surface area contributed by atoms with Crippen molar-refractivity contribution < 1.29 is 13.0 Å². The summed E-state index contributed by atoms with van der Waals surface area (Å²) in [6, 6.07) is 27.4. The summed E-state index contributed by atoms with van der Waals surface area (Å²) in [5.41, 5.74) is 4.81. The lowest BCUT2D eigenvalue weighted by Gasteiger charge is -2.28. The highest BCUT2D eigenvalue weighted by Crippen LogP contribution is 2.45. The van der Waals surface area contributed by atoms with Gasteiger partial charge in [-0.05, 0) is 53.3 Å². The minimum absolute atomic E-state index is 0.185. The first-order valence-corrected chi connectivity index (χ1v) is 15.4. The van der Waals surface area contributed by atoms with Gasteiger partial charge in [-0.25, -0.2) is 0 Å². The predicted octanol–water partition coefficient (Wildman–Crippen LogP) is 5.66. The number of benzene rings is 3. The topological polar surface area (TPSA) is 57.6 Å². The van der Waals surface area contributed by atoms with Gasteiger partial charge in [0.05, 0.1) is 5.75 Å². The highest BCUT2D eigenvalue weighted by atomic mass is 32.2. The molecule has 0 radical (unpaired) electrons. The zero-order valence-corrected chi connectivity index (χ0v) is 21.2. The quantitative estimate of drug-likeness (QED) is 0.331. The Morgan fingerprint density at radius 1 is 0.941 bits per heavy atom. The van der Waals surface area contributed by atoms with Crippen molar-refractivity contribution >= 4 is 50.6 Å². The van der Waals surface area contributed by atoms with Gasteiger partial charge in [0.1, 0.15) is 0 Å². The van der Waals surface area contributed by atoms with E-state index in [1.807, 2.05) is 6.07 Å². The summed E-state index contributed by atoms with van der Waals surface area (Å²) in [5, 5.41) is 1.33. The van der Waals surface area contributed by atoms with Crippen molar-refractivity contribution in [2.75, 3.05) is 16.8 Å². The maximum absolute atomic E-state index is 11.3. The fourth-order valence-corrected chi connectivity index (χ4v) is 10.2. The van der Waals surface area contributed by atoms with Crippen molar-refractivity contribution in [3.63, 3.8) is 0 Å². The number of para-hydroxylation sites is 1. The molecule has 0 aliphatic carbocycles. The molecule has 2 aliphatic heterocycles. The van der Waals surface area contributed by atoms with Crippen LogP contribution in [0.5, 0.6) is 0 Å². The van der Waals surface area contributed by atoms with E-state index in [2.05, 4.69) is 96.0 Å². The summed E-state index contributed by atoms with van der Waals surface area (Å²) in [7, 11) is -5.05. The molecule has 4 nitrogen and oxygen atoms in total. The highest BCUT2D eigenvalue weighted by molar-refractivity contribution is 8.23. The zero-order chi connectivity index (χ0) is 23.5. The Kier molecular flexibility index (Phi) is 6.84. The van der Waals surface area contributed by atoms with E-state index in [4.69, 9.17) is 0 Å². The minimum atomic E-state index is -3.94. The summed E-state index contributed by atoms with van der Waals surface area (Å²) in [5.74, 6) is -0.185. The van der Waals surface area contributed by atoms with Crippen LogP contribution in [0, 0.1) is 0 Å². The van der Waals surface area contributed by atoms with Crippen molar-refractivity contribution in [1.29, 1.82) is 0 Å². The molecule has 3 aromatic rings. The van der Waals surface area contributed by atoms with Gasteiger partial charge in [-0.15, -0.1) is 0 Å². The highest BCUT2D eigenvalue weighted by Gasteiger charge is 2.22. The SMILES string of the molecule is O=S(=O)(O)CCC[PH]1=C(/C=C2\C=CN(Cc3ccccc3)c3ccccc32)Sc2ccccc21. The monoisotopic (exact) mass is 507 g/mol. The summed E-state index contributed by atoms with van der Waals surface area (Å²) >= 11 is 1.80. The van der Waals surface area contributed by atoms with Crippen molar-refractivity contribution in [1.82, 2.24) is 0 Å². The molecular weight excluding hydrogens is 481 g/mol. The first-order valence-electron chi connectivity index (χ1n) is 11.2. The molecule has 5 rings (SSSR count). The van der Waals surface area contributed by atoms with E-state index in [1.165, 1.54) is 37.2 Å². The maximum Gasteiger partial charge on any atom is 0.264 e. The van der Waals surface area contributed by atoms with Crippen molar-refractivity contribution in [2.24, 2.45) is 0 Å². The molecule has 0 bridgehead atoms. The van der Waals surface area contributed by atoms with E-state index in [0.717, 1.165) is 12.7 Å². The molecule has 2 heterocycles. The smallest absolute Gasteiger partial charge is 0.264 e. The molecule has 0 saturated heterocycles. The lowest BCUT2D eigenvalue weighted by Crippen LogP contribution is -2.19. The second-order valence-electron chi connectivity index (χ2n) is 8.38. The van der Waals surface area contributed by atoms with Crippen molar-refractivity contribution in [3.8, 4) is 0 Å². The zero-order valence-electron chi connectivity index (χ0n) is 18.6. The number of hydrogen-bond donors (Lipinski definition) is 1. The Labute approximate surface area is 206 Å². The molecule has 0 spiro atoms. The van der Waals surface area contributed by atoms with Crippen molar-refractivity contribution in [2.45, 2.75) is 17.9 Å². The number of fused-ring (bicyclic) bond motifs is 2. The Morgan fingerprint density at radius 3 is 2.50 bits per heavy atom. The average Bonchev–Trinajstić information content (AvgIpc) is 3.18. The molecule has 174 valence electrons. The van der Waals surface area contributed by atoms with Crippen LogP contribution < -0.4 is 10.2 Å². The fourth-order valence-electron chi connectivity index (χ4n) is 4.42. The molecule has 0 amide bonds. The second kappa shape index (κ2) is 10.0. The van der Waals surface area contributed by atoms with Gasteiger partial charge < -0.3 is 4.90 Å². The Hall–Kier alpha value is -2.50. The van der Waals surface area contributed by atoms with Gasteiger partial charge in [-0.1, -0.05) is 86.0 Å². The molecule has 34 heavy (non-hydrogen) atoms. The van der Waals surface area contributed by atoms with Crippen LogP contribution in [0.15, 0.2) is 102 Å². The van der Waals surface area contributed by atoms with E-state index >= 15 is 0 Å². The van der Waals surface area contributed by atoms with E-state index in [0.29, 0.717) is 6.42 Å². The van der Waals surface area contributed by atoms with Gasteiger partial charge in [0, 0.05) is 33.5 Å². The number of hydrogen-bond acceptors (Lipinski definition) is 4. The summed E-state index contributed by atoms with van der Waals surface area (Å²) < 4.78 is 33.1. The molecule has 0 saturated carbocycles. The third-order valence-corrected chi connectivity index (χ3v) is 11.6. The van der Waals surface area contributed by atoms with Gasteiger partial charge in [0.2, 0.25) is 0 Å². The molecule has 1 N–H and O–H groups in total. The number of allylic oxidation sites excluding steroid dienone is 2. The van der Waals surface area contributed by atoms with Crippen LogP contribution in [-0.4, -0.2) is 29.5 Å². The lowest BCUT2D eigenvalue weighted by molar-refractivity contribution is 0.482. The number of nitrogens with zero attached hydrogens (tertiary/aromatic N) is 1. The Morgan fingerprint density at radius 2 is 1.68 bits per heavy atom. The van der Waals surface area contributed by atoms with E-state index in [-0.39, 0.29) is 5.75 Å². The number of rotatable bonds is 7. The van der Waals surface area contributed by atoms with Crippen LogP contribution in [0.4, 0.5) is 5.69 Å². The normalized spacial score (nSPS) is 18.3. The Bertz CT molecular complexity index is 1410. The van der Waals surface area contributed by atoms with Gasteiger partial charge in [0.25, 0.3) is 10.1 Å². The molecule has 1 unspecified atom stereocenters. The van der Waals surface area contributed by atoms with Crippen molar-refractivity contribution in [3.05, 3.63) is 108 Å². The fraction of sp³-hybridized carbons (Fsp3) is 0.148. The third-order valence-electron chi connectivity index (χ3n) is 6.00. The van der Waals surface area contributed by atoms with Gasteiger partial charge in [0.15, 0.2) is 0 Å². The largest absolute Gasteiger partial charge is 0.343 e. The molecule has 1 atom stereocenters. The second-order valence-corrected chi connectivity index (χ2v) is 13.9. The Balaban J connectivity index is 1.49. The predicted molar refractivity (Wildman–Crippen MR) is 147 cm³/mol.